The van der Waals surface area contributed by atoms with E-state index in [1.165, 1.54) is 0 Å². The van der Waals surface area contributed by atoms with Crippen LogP contribution in [0.5, 0.6) is 5.75 Å². The quantitative estimate of drug-likeness (QED) is 0.642. The highest BCUT2D eigenvalue weighted by Gasteiger charge is 2.13. The summed E-state index contributed by atoms with van der Waals surface area (Å²) in [6.07, 6.45) is 5.31. The van der Waals surface area contributed by atoms with Crippen LogP contribution in [-0.4, -0.2) is 38.1 Å². The van der Waals surface area contributed by atoms with E-state index in [9.17, 15) is 13.2 Å². The van der Waals surface area contributed by atoms with Crippen molar-refractivity contribution in [3.63, 3.8) is 0 Å². The van der Waals surface area contributed by atoms with Crippen molar-refractivity contribution in [3.8, 4) is 17.6 Å². The first-order valence-corrected chi connectivity index (χ1v) is 11.9. The van der Waals surface area contributed by atoms with Crippen LogP contribution in [0, 0.1) is 25.7 Å². The number of rotatable bonds is 7. The Kier molecular flexibility index (Phi) is 8.12. The zero-order chi connectivity index (χ0) is 23.2. The fraction of sp³-hybridized carbons (Fsp3) is 0.375. The number of carboxylic acid groups (broad SMARTS) is 1. The average Bonchev–Trinajstić information content (AvgIpc) is 2.78. The molecule has 0 aliphatic carbocycles. The minimum atomic E-state index is -3.16. The number of hydrogen-bond acceptors (Lipinski definition) is 5. The van der Waals surface area contributed by atoms with Crippen LogP contribution in [0.15, 0.2) is 46.9 Å². The number of ether oxygens (including phenoxy) is 2. The van der Waals surface area contributed by atoms with Crippen LogP contribution in [0.4, 0.5) is 0 Å². The molecular formula is C24H28O6S. The Hall–Kier alpha value is -2.98. The van der Waals surface area contributed by atoms with E-state index in [2.05, 4.69) is 11.8 Å². The second kappa shape index (κ2) is 10.4. The fourth-order valence-electron chi connectivity index (χ4n) is 3.05. The zero-order valence-electron chi connectivity index (χ0n) is 18.5. The highest BCUT2D eigenvalue weighted by Crippen LogP contribution is 2.27. The summed E-state index contributed by atoms with van der Waals surface area (Å²) in [6.45, 7) is 7.80. The number of aryl methyl sites for hydroxylation is 1. The third-order valence-electron chi connectivity index (χ3n) is 4.86. The van der Waals surface area contributed by atoms with Gasteiger partial charge in [-0.15, -0.1) is 0 Å². The molecule has 0 saturated carbocycles. The molecule has 0 radical (unpaired) electrons. The van der Waals surface area contributed by atoms with Gasteiger partial charge in [0.05, 0.1) is 0 Å². The lowest BCUT2D eigenvalue weighted by Gasteiger charge is -2.15. The molecule has 31 heavy (non-hydrogen) atoms. The molecule has 1 aromatic rings. The molecule has 1 aromatic carbocycles. The van der Waals surface area contributed by atoms with Crippen LogP contribution in [0.2, 0.25) is 0 Å². The third-order valence-corrected chi connectivity index (χ3v) is 5.53. The lowest BCUT2D eigenvalue weighted by Crippen LogP contribution is -2.06. The van der Waals surface area contributed by atoms with E-state index in [1.807, 2.05) is 45.9 Å². The van der Waals surface area contributed by atoms with Crippen molar-refractivity contribution in [1.82, 2.24) is 0 Å². The number of sulfone groups is 1. The SMILES string of the molecule is CC1=CC(C#CCS(C)(=O)=O)=CC(COc2ccc(CCC(=O)O)c(C)c2C)=C(C)O1. The molecule has 7 heteroatoms. The summed E-state index contributed by atoms with van der Waals surface area (Å²) >= 11 is 0. The van der Waals surface area contributed by atoms with Gasteiger partial charge in [0.2, 0.25) is 0 Å². The van der Waals surface area contributed by atoms with Gasteiger partial charge in [0.15, 0.2) is 9.84 Å². The van der Waals surface area contributed by atoms with Crippen LogP contribution >= 0.6 is 0 Å². The van der Waals surface area contributed by atoms with E-state index in [-0.39, 0.29) is 18.8 Å². The van der Waals surface area contributed by atoms with E-state index in [0.717, 1.165) is 28.5 Å². The summed E-state index contributed by atoms with van der Waals surface area (Å²) in [5.41, 5.74) is 4.41. The van der Waals surface area contributed by atoms with E-state index in [4.69, 9.17) is 14.6 Å². The minimum Gasteiger partial charge on any atom is -0.488 e. The van der Waals surface area contributed by atoms with E-state index < -0.39 is 15.8 Å². The monoisotopic (exact) mass is 444 g/mol. The lowest BCUT2D eigenvalue weighted by atomic mass is 9.99. The molecule has 0 bridgehead atoms. The number of aliphatic carboxylic acids is 1. The highest BCUT2D eigenvalue weighted by molar-refractivity contribution is 7.90. The van der Waals surface area contributed by atoms with Gasteiger partial charge < -0.3 is 14.6 Å². The van der Waals surface area contributed by atoms with Gasteiger partial charge in [-0.2, -0.15) is 0 Å². The standard InChI is InChI=1S/C24H28O6S/c1-16-13-20(7-6-12-31(5,27)28)14-22(19(4)30-16)15-29-23-10-8-21(9-11-24(25)26)17(2)18(23)3/h8,10,13-14H,9,11-12,15H2,1-5H3,(H,25,26). The maximum absolute atomic E-state index is 11.3. The molecule has 0 spiro atoms. The van der Waals surface area contributed by atoms with Gasteiger partial charge in [0.1, 0.15) is 29.6 Å². The molecule has 0 aromatic heterocycles. The molecule has 0 fully saturated rings. The number of allylic oxidation sites excluding steroid dienone is 4. The van der Waals surface area contributed by atoms with Crippen LogP contribution in [-0.2, 0) is 25.8 Å². The molecule has 0 saturated heterocycles. The molecule has 6 nitrogen and oxygen atoms in total. The first-order valence-electron chi connectivity index (χ1n) is 9.84. The molecule has 1 aliphatic rings. The third kappa shape index (κ3) is 7.65. The van der Waals surface area contributed by atoms with Crippen LogP contribution in [0.25, 0.3) is 0 Å². The molecule has 1 heterocycles. The van der Waals surface area contributed by atoms with Gasteiger partial charge in [-0.3, -0.25) is 4.79 Å². The highest BCUT2D eigenvalue weighted by atomic mass is 32.2. The Bertz CT molecular complexity index is 1120. The Labute approximate surface area is 184 Å². The van der Waals surface area contributed by atoms with Gasteiger partial charge >= 0.3 is 5.97 Å². The normalized spacial score (nSPS) is 14.0. The summed E-state index contributed by atoms with van der Waals surface area (Å²) < 4.78 is 34.5. The molecule has 2 rings (SSSR count). The van der Waals surface area contributed by atoms with Crippen molar-refractivity contribution in [2.75, 3.05) is 18.6 Å². The summed E-state index contributed by atoms with van der Waals surface area (Å²) in [5, 5.41) is 8.91. The summed E-state index contributed by atoms with van der Waals surface area (Å²) in [5.74, 6) is 6.59. The lowest BCUT2D eigenvalue weighted by molar-refractivity contribution is -0.136. The van der Waals surface area contributed by atoms with Crippen LogP contribution < -0.4 is 4.74 Å². The Balaban J connectivity index is 2.21. The molecule has 0 amide bonds. The van der Waals surface area contributed by atoms with Crippen molar-refractivity contribution in [1.29, 1.82) is 0 Å². The average molecular weight is 445 g/mol. The maximum Gasteiger partial charge on any atom is 0.303 e. The summed E-state index contributed by atoms with van der Waals surface area (Å²) in [6, 6.07) is 3.75. The van der Waals surface area contributed by atoms with Gasteiger partial charge in [-0.25, -0.2) is 8.42 Å². The zero-order valence-corrected chi connectivity index (χ0v) is 19.4. The molecular weight excluding hydrogens is 416 g/mol. The molecule has 0 unspecified atom stereocenters. The van der Waals surface area contributed by atoms with Crippen LogP contribution in [0.1, 0.15) is 37.0 Å². The van der Waals surface area contributed by atoms with E-state index in [1.54, 1.807) is 6.08 Å². The van der Waals surface area contributed by atoms with Gasteiger partial charge in [-0.1, -0.05) is 17.9 Å². The summed E-state index contributed by atoms with van der Waals surface area (Å²) in [7, 11) is -3.16. The van der Waals surface area contributed by atoms with E-state index in [0.29, 0.717) is 29.3 Å². The maximum atomic E-state index is 11.3. The molecule has 1 aliphatic heterocycles. The fourth-order valence-corrected chi connectivity index (χ4v) is 3.38. The first kappa shape index (κ1) is 24.3. The predicted molar refractivity (Wildman–Crippen MR) is 120 cm³/mol. The van der Waals surface area contributed by atoms with Crippen molar-refractivity contribution in [3.05, 3.63) is 63.6 Å². The van der Waals surface area contributed by atoms with Crippen LogP contribution in [0.3, 0.4) is 0 Å². The smallest absolute Gasteiger partial charge is 0.303 e. The second-order valence-electron chi connectivity index (χ2n) is 7.57. The topological polar surface area (TPSA) is 89.9 Å². The van der Waals surface area contributed by atoms with Crippen molar-refractivity contribution in [2.45, 2.75) is 40.5 Å². The number of carbonyl (C=O) groups is 1. The molecule has 1 N–H and O–H groups in total. The van der Waals surface area contributed by atoms with Gasteiger partial charge in [-0.05, 0) is 69.0 Å². The van der Waals surface area contributed by atoms with Gasteiger partial charge in [0, 0.05) is 23.8 Å². The van der Waals surface area contributed by atoms with Crippen molar-refractivity contribution in [2.24, 2.45) is 0 Å². The first-order chi connectivity index (χ1) is 14.5. The number of hydrogen-bond donors (Lipinski definition) is 1. The summed E-state index contributed by atoms with van der Waals surface area (Å²) in [4.78, 5) is 10.8. The Morgan fingerprint density at radius 2 is 1.84 bits per heavy atom. The Morgan fingerprint density at radius 1 is 1.13 bits per heavy atom. The second-order valence-corrected chi connectivity index (χ2v) is 9.71. The minimum absolute atomic E-state index is 0.0875. The number of carboxylic acids is 1. The largest absolute Gasteiger partial charge is 0.488 e. The van der Waals surface area contributed by atoms with Gasteiger partial charge in [0.25, 0.3) is 0 Å². The molecule has 0 atom stereocenters. The van der Waals surface area contributed by atoms with Crippen molar-refractivity contribution < 1.29 is 27.8 Å². The van der Waals surface area contributed by atoms with Crippen molar-refractivity contribution >= 4 is 15.8 Å². The molecule has 166 valence electrons. The van der Waals surface area contributed by atoms with E-state index >= 15 is 0 Å². The predicted octanol–water partition coefficient (Wildman–Crippen LogP) is 3.88. The Morgan fingerprint density at radius 3 is 2.48 bits per heavy atom. The number of benzene rings is 1.